The van der Waals surface area contributed by atoms with E-state index < -0.39 is 75.1 Å². The highest BCUT2D eigenvalue weighted by Crippen LogP contribution is 2.54. The van der Waals surface area contributed by atoms with Crippen molar-refractivity contribution >= 4 is 23.2 Å². The van der Waals surface area contributed by atoms with E-state index in [9.17, 15) is 39.9 Å². The molecule has 7 N–H and O–H groups in total. The van der Waals surface area contributed by atoms with Crippen LogP contribution in [0, 0.1) is 24.2 Å². The van der Waals surface area contributed by atoms with Gasteiger partial charge in [0.05, 0.1) is 23.6 Å². The number of rotatable bonds is 7. The molecule has 5 rings (SSSR count). The van der Waals surface area contributed by atoms with Gasteiger partial charge in [-0.15, -0.1) is 0 Å². The number of likely N-dealkylation sites (N-methyl/N-ethyl adjacent to an activating group) is 1. The summed E-state index contributed by atoms with van der Waals surface area (Å²) in [7, 11) is 2.93. The van der Waals surface area contributed by atoms with Crippen LogP contribution in [0.1, 0.15) is 49.8 Å². The maximum atomic E-state index is 14.0. The molecule has 42 heavy (non-hydrogen) atoms. The largest absolute Gasteiger partial charge is 0.508 e. The number of aromatic hydroxyl groups is 1. The molecule has 1 amide bonds. The molecule has 0 aromatic heterocycles. The molecule has 0 spiro atoms. The summed E-state index contributed by atoms with van der Waals surface area (Å²) in [5.41, 5.74) is 1.39. The lowest BCUT2D eigenvalue weighted by atomic mass is 9.56. The van der Waals surface area contributed by atoms with E-state index in [0.717, 1.165) is 19.3 Å². The van der Waals surface area contributed by atoms with E-state index in [1.54, 1.807) is 12.1 Å². The quantitative estimate of drug-likeness (QED) is 0.265. The number of nitrogens with two attached hydrogens (primary N) is 1. The summed E-state index contributed by atoms with van der Waals surface area (Å²) in [4.78, 5) is 40.7. The number of carbonyl (C=O) groups excluding carboxylic acids is 3. The van der Waals surface area contributed by atoms with Crippen LogP contribution in [0.4, 0.5) is 0 Å². The Morgan fingerprint density at radius 1 is 1.10 bits per heavy atom. The Hall–Kier alpha value is -3.73. The summed E-state index contributed by atoms with van der Waals surface area (Å²) >= 11 is 0. The molecule has 0 aliphatic heterocycles. The van der Waals surface area contributed by atoms with Crippen molar-refractivity contribution in [3.05, 3.63) is 76.5 Å². The Bertz CT molecular complexity index is 1490. The summed E-state index contributed by atoms with van der Waals surface area (Å²) in [6.45, 7) is 3.96. The number of ketones is 2. The van der Waals surface area contributed by atoms with Gasteiger partial charge in [0, 0.05) is 23.5 Å². The Morgan fingerprint density at radius 2 is 1.74 bits per heavy atom. The molecule has 223 valence electrons. The molecule has 4 aliphatic carbocycles. The number of carbonyl (C=O) groups is 3. The second-order valence-corrected chi connectivity index (χ2v) is 12.6. The zero-order valence-electron chi connectivity index (χ0n) is 24.0. The zero-order chi connectivity index (χ0) is 30.9. The van der Waals surface area contributed by atoms with Crippen molar-refractivity contribution in [3.8, 4) is 5.75 Å². The lowest BCUT2D eigenvalue weighted by Gasteiger charge is -2.52. The van der Waals surface area contributed by atoms with Gasteiger partial charge in [0.25, 0.3) is 5.91 Å². The molecule has 0 unspecified atom stereocenters. The molecule has 1 aromatic rings. The van der Waals surface area contributed by atoms with Crippen molar-refractivity contribution < 1.29 is 39.9 Å². The molecule has 5 atom stereocenters. The van der Waals surface area contributed by atoms with Crippen molar-refractivity contribution in [2.45, 2.75) is 56.3 Å². The van der Waals surface area contributed by atoms with E-state index in [1.165, 1.54) is 25.4 Å². The van der Waals surface area contributed by atoms with Gasteiger partial charge in [-0.25, -0.2) is 0 Å². The summed E-state index contributed by atoms with van der Waals surface area (Å²) in [6.07, 6.45) is 10.7. The van der Waals surface area contributed by atoms with Crippen molar-refractivity contribution in [1.82, 2.24) is 4.90 Å². The molecule has 1 fully saturated rings. The van der Waals surface area contributed by atoms with Gasteiger partial charge < -0.3 is 31.3 Å². The third kappa shape index (κ3) is 4.23. The first-order chi connectivity index (χ1) is 19.6. The number of hydrogen-bond acceptors (Lipinski definition) is 9. The van der Waals surface area contributed by atoms with Crippen LogP contribution in [0.15, 0.2) is 53.3 Å². The summed E-state index contributed by atoms with van der Waals surface area (Å²) in [5, 5.41) is 57.3. The molecule has 1 saturated carbocycles. The summed E-state index contributed by atoms with van der Waals surface area (Å²) < 4.78 is 0. The van der Waals surface area contributed by atoms with Crippen molar-refractivity contribution in [1.29, 1.82) is 0 Å². The SMILES string of the molecule is CN(C)[C@H]1C(=O)C(C(N)=O)=C(O)[C@]2(O)C(=O)C3=C(O)c4c(ccc(C(C)(C)CCCC5C=CC=C5)c4O)[CH][C@@H]3[C@@H](O)[C@H]12. The van der Waals surface area contributed by atoms with Crippen LogP contribution in [-0.2, 0) is 19.8 Å². The minimum Gasteiger partial charge on any atom is -0.508 e. The first kappa shape index (κ1) is 29.8. The van der Waals surface area contributed by atoms with Gasteiger partial charge in [0.1, 0.15) is 22.8 Å². The predicted octanol–water partition coefficient (Wildman–Crippen LogP) is 2.13. The normalized spacial score (nSPS) is 29.3. The van der Waals surface area contributed by atoms with Gasteiger partial charge in [-0.3, -0.25) is 19.3 Å². The lowest BCUT2D eigenvalue weighted by molar-refractivity contribution is -0.167. The molecule has 0 saturated heterocycles. The maximum Gasteiger partial charge on any atom is 0.255 e. The minimum atomic E-state index is -2.94. The maximum absolute atomic E-state index is 14.0. The second kappa shape index (κ2) is 10.2. The van der Waals surface area contributed by atoms with E-state index >= 15 is 0 Å². The average Bonchev–Trinajstić information content (AvgIpc) is 3.42. The number of benzene rings is 1. The molecule has 10 heteroatoms. The number of hydrogen-bond donors (Lipinski definition) is 6. The van der Waals surface area contributed by atoms with Crippen LogP contribution in [-0.4, -0.2) is 79.7 Å². The van der Waals surface area contributed by atoms with E-state index in [-0.39, 0.29) is 11.3 Å². The standard InChI is InChI=1S/C32H37N2O8/c1-31(2,13-7-10-15-8-5-6-9-15)18-12-11-16-14-17-20(26(37)19(16)25(18)36)28(39)32(42)22(24(17)35)23(34(3)4)27(38)21(29(32)40)30(33)41/h5-6,8-9,11-12,14-15,17,22-24,35-37,40,42H,7,10,13H2,1-4H3,(H2,33,41)/t17-,22-,23+,24+,32+/m0/s1. The number of allylic oxidation sites excluding steroid dienone is 4. The predicted molar refractivity (Wildman–Crippen MR) is 154 cm³/mol. The fourth-order valence-corrected chi connectivity index (χ4v) is 7.14. The molecule has 4 aliphatic rings. The van der Waals surface area contributed by atoms with Gasteiger partial charge in [0.15, 0.2) is 11.4 Å². The first-order valence-electron chi connectivity index (χ1n) is 14.0. The third-order valence-electron chi connectivity index (χ3n) is 9.36. The zero-order valence-corrected chi connectivity index (χ0v) is 24.0. The van der Waals surface area contributed by atoms with Gasteiger partial charge in [-0.2, -0.15) is 0 Å². The van der Waals surface area contributed by atoms with Gasteiger partial charge in [-0.1, -0.05) is 56.7 Å². The number of aliphatic hydroxyl groups excluding tert-OH is 3. The van der Waals surface area contributed by atoms with Gasteiger partial charge in [0.2, 0.25) is 5.78 Å². The molecular formula is C32H37N2O8. The number of fused-ring (bicyclic) bond motifs is 3. The highest BCUT2D eigenvalue weighted by atomic mass is 16.4. The second-order valence-electron chi connectivity index (χ2n) is 12.6. The smallest absolute Gasteiger partial charge is 0.255 e. The topological polar surface area (TPSA) is 182 Å². The van der Waals surface area contributed by atoms with Crippen LogP contribution >= 0.6 is 0 Å². The van der Waals surface area contributed by atoms with Gasteiger partial charge in [-0.05, 0) is 43.8 Å². The Labute approximate surface area is 244 Å². The molecule has 1 aromatic carbocycles. The Balaban J connectivity index is 1.59. The average molecular weight is 578 g/mol. The fraction of sp³-hybridized carbons (Fsp3) is 0.438. The molecule has 0 bridgehead atoms. The number of aliphatic hydroxyl groups is 4. The highest BCUT2D eigenvalue weighted by molar-refractivity contribution is 6.24. The van der Waals surface area contributed by atoms with Crippen molar-refractivity contribution in [2.24, 2.45) is 23.5 Å². The fourth-order valence-electron chi connectivity index (χ4n) is 7.14. The Kier molecular flexibility index (Phi) is 7.24. The van der Waals surface area contributed by atoms with E-state index in [4.69, 9.17) is 5.73 Å². The third-order valence-corrected chi connectivity index (χ3v) is 9.36. The number of amides is 1. The monoisotopic (exact) mass is 577 g/mol. The lowest BCUT2D eigenvalue weighted by Crippen LogP contribution is -2.70. The minimum absolute atomic E-state index is 0.0364. The molecule has 1 radical (unpaired) electrons. The first-order valence-corrected chi connectivity index (χ1v) is 14.0. The van der Waals surface area contributed by atoms with Crippen LogP contribution in [0.3, 0.4) is 0 Å². The van der Waals surface area contributed by atoms with Crippen molar-refractivity contribution in [2.75, 3.05) is 14.1 Å². The summed E-state index contributed by atoms with van der Waals surface area (Å²) in [6, 6.07) is 2.06. The highest BCUT2D eigenvalue weighted by Gasteiger charge is 2.67. The van der Waals surface area contributed by atoms with Crippen molar-refractivity contribution in [3.63, 3.8) is 0 Å². The number of phenolic OH excluding ortho intramolecular Hbond substituents is 1. The molecule has 10 nitrogen and oxygen atoms in total. The van der Waals surface area contributed by atoms with Crippen LogP contribution in [0.25, 0.3) is 5.76 Å². The number of nitrogens with zero attached hydrogens (tertiary/aromatic N) is 1. The van der Waals surface area contributed by atoms with E-state index in [0.29, 0.717) is 17.0 Å². The summed E-state index contributed by atoms with van der Waals surface area (Å²) in [5.74, 6) is -8.03. The number of primary amides is 1. The Morgan fingerprint density at radius 3 is 2.33 bits per heavy atom. The molecule has 0 heterocycles. The van der Waals surface area contributed by atoms with E-state index in [1.807, 2.05) is 26.0 Å². The van der Waals surface area contributed by atoms with Crippen LogP contribution < -0.4 is 5.73 Å². The van der Waals surface area contributed by atoms with Crippen LogP contribution in [0.2, 0.25) is 0 Å². The van der Waals surface area contributed by atoms with E-state index in [2.05, 4.69) is 12.2 Å². The number of phenols is 1. The molecular weight excluding hydrogens is 540 g/mol. The van der Waals surface area contributed by atoms with Crippen LogP contribution in [0.5, 0.6) is 5.75 Å². The van der Waals surface area contributed by atoms with Gasteiger partial charge >= 0.3 is 0 Å². The number of Topliss-reactive ketones (excluding diaryl/α,β-unsaturated/α-hetero) is 2.